The summed E-state index contributed by atoms with van der Waals surface area (Å²) in [5.41, 5.74) is 0.810. The van der Waals surface area contributed by atoms with Gasteiger partial charge >= 0.3 is 0 Å². The van der Waals surface area contributed by atoms with Gasteiger partial charge in [0.1, 0.15) is 18.1 Å². The maximum absolute atomic E-state index is 11.6. The highest BCUT2D eigenvalue weighted by molar-refractivity contribution is 8.18. The Kier molecular flexibility index (Phi) is 7.16. The molecule has 0 aliphatic carbocycles. The summed E-state index contributed by atoms with van der Waals surface area (Å²) < 4.78 is 11.8. The molecule has 1 aliphatic heterocycles. The molecule has 0 bridgehead atoms. The average Bonchev–Trinajstić information content (AvgIpc) is 3.13. The summed E-state index contributed by atoms with van der Waals surface area (Å²) in [6.45, 7) is 1.01. The van der Waals surface area contributed by atoms with Gasteiger partial charge in [0.05, 0.1) is 11.4 Å². The number of thioether (sulfide) groups is 1. The Morgan fingerprint density at radius 2 is 1.79 bits per heavy atom. The van der Waals surface area contributed by atoms with Crippen LogP contribution in [0.1, 0.15) is 5.56 Å². The van der Waals surface area contributed by atoms with Crippen LogP contribution < -0.4 is 19.7 Å². The molecular formula is C24H20ClN3O4S. The minimum Gasteiger partial charge on any atom is -0.492 e. The van der Waals surface area contributed by atoms with Crippen molar-refractivity contribution < 1.29 is 19.1 Å². The first kappa shape index (κ1) is 22.7. The molecule has 2 aromatic carbocycles. The summed E-state index contributed by atoms with van der Waals surface area (Å²) in [7, 11) is 1.92. The fourth-order valence-electron chi connectivity index (χ4n) is 3.02. The number of halogens is 1. The van der Waals surface area contributed by atoms with Crippen LogP contribution in [0.15, 0.2) is 71.8 Å². The number of anilines is 1. The Bertz CT molecular complexity index is 1180. The van der Waals surface area contributed by atoms with Gasteiger partial charge in [0, 0.05) is 18.3 Å². The smallest absolute Gasteiger partial charge is 0.290 e. The lowest BCUT2D eigenvalue weighted by atomic mass is 10.2. The van der Waals surface area contributed by atoms with Crippen molar-refractivity contribution in [2.45, 2.75) is 0 Å². The molecule has 0 unspecified atom stereocenters. The number of aromatic nitrogens is 1. The van der Waals surface area contributed by atoms with Crippen LogP contribution in [0, 0.1) is 0 Å². The van der Waals surface area contributed by atoms with Crippen molar-refractivity contribution in [3.63, 3.8) is 0 Å². The van der Waals surface area contributed by atoms with Crippen LogP contribution in [0.2, 0.25) is 5.02 Å². The normalized spacial score (nSPS) is 14.3. The number of pyridine rings is 1. The number of benzene rings is 2. The number of likely N-dealkylation sites (N-methyl/N-ethyl adjacent to an activating group) is 1. The average molecular weight is 482 g/mol. The molecule has 2 heterocycles. The molecule has 4 rings (SSSR count). The molecule has 1 fully saturated rings. The Labute approximate surface area is 200 Å². The molecule has 3 aromatic rings. The van der Waals surface area contributed by atoms with Gasteiger partial charge in [-0.3, -0.25) is 14.9 Å². The molecule has 0 spiro atoms. The molecule has 7 nitrogen and oxygen atoms in total. The third kappa shape index (κ3) is 6.06. The molecule has 168 valence electrons. The van der Waals surface area contributed by atoms with E-state index in [0.717, 1.165) is 17.3 Å². The van der Waals surface area contributed by atoms with Crippen molar-refractivity contribution in [3.05, 3.63) is 82.4 Å². The van der Waals surface area contributed by atoms with Crippen molar-refractivity contribution in [1.29, 1.82) is 0 Å². The molecule has 1 aliphatic rings. The lowest BCUT2D eigenvalue weighted by molar-refractivity contribution is -0.115. The molecule has 2 amide bonds. The number of imide groups is 1. The minimum atomic E-state index is -0.373. The standard InChI is InChI=1S/C24H20ClN3O4S/c1-28(22-20(3-2-12-26-22)32-19-10-6-17(25)7-11-19)13-14-31-18-8-4-16(5-9-18)15-21-23(29)27-24(30)33-21/h2-12,15H,13-14H2,1H3,(H,27,29,30)/b21-15-. The molecule has 1 N–H and O–H groups in total. The van der Waals surface area contributed by atoms with Crippen molar-refractivity contribution in [2.24, 2.45) is 0 Å². The number of amides is 2. The molecule has 1 saturated heterocycles. The molecule has 0 atom stereocenters. The molecule has 9 heteroatoms. The van der Waals surface area contributed by atoms with Crippen molar-refractivity contribution >= 4 is 46.4 Å². The van der Waals surface area contributed by atoms with E-state index in [0.29, 0.717) is 46.1 Å². The first-order valence-corrected chi connectivity index (χ1v) is 11.2. The second-order valence-corrected chi connectivity index (χ2v) is 8.52. The largest absolute Gasteiger partial charge is 0.492 e. The zero-order valence-corrected chi connectivity index (χ0v) is 19.2. The van der Waals surface area contributed by atoms with Gasteiger partial charge in [-0.05, 0) is 71.9 Å². The van der Waals surface area contributed by atoms with Crippen LogP contribution in [0.3, 0.4) is 0 Å². The first-order chi connectivity index (χ1) is 16.0. The Balaban J connectivity index is 1.33. The Hall–Kier alpha value is -3.49. The topological polar surface area (TPSA) is 80.8 Å². The zero-order valence-electron chi connectivity index (χ0n) is 17.7. The van der Waals surface area contributed by atoms with Gasteiger partial charge < -0.3 is 14.4 Å². The molecule has 0 radical (unpaired) electrons. The highest BCUT2D eigenvalue weighted by Gasteiger charge is 2.24. The summed E-state index contributed by atoms with van der Waals surface area (Å²) in [4.78, 5) is 29.7. The maximum Gasteiger partial charge on any atom is 0.290 e. The van der Waals surface area contributed by atoms with E-state index in [2.05, 4.69) is 10.3 Å². The summed E-state index contributed by atoms with van der Waals surface area (Å²) in [5.74, 6) is 2.32. The third-order valence-electron chi connectivity index (χ3n) is 4.67. The number of ether oxygens (including phenoxy) is 2. The predicted octanol–water partition coefficient (Wildman–Crippen LogP) is 5.37. The number of hydrogen-bond donors (Lipinski definition) is 1. The van der Waals surface area contributed by atoms with Crippen LogP contribution in [-0.4, -0.2) is 36.3 Å². The quantitative estimate of drug-likeness (QED) is 0.433. The van der Waals surface area contributed by atoms with Gasteiger partial charge in [-0.2, -0.15) is 0 Å². The monoisotopic (exact) mass is 481 g/mol. The van der Waals surface area contributed by atoms with Crippen LogP contribution in [0.25, 0.3) is 6.08 Å². The third-order valence-corrected chi connectivity index (χ3v) is 5.73. The van der Waals surface area contributed by atoms with E-state index in [1.165, 1.54) is 0 Å². The predicted molar refractivity (Wildman–Crippen MR) is 130 cm³/mol. The van der Waals surface area contributed by atoms with Crippen LogP contribution >= 0.6 is 23.4 Å². The fraction of sp³-hybridized carbons (Fsp3) is 0.125. The van der Waals surface area contributed by atoms with Crippen LogP contribution in [0.4, 0.5) is 10.6 Å². The molecule has 33 heavy (non-hydrogen) atoms. The number of rotatable bonds is 8. The van der Waals surface area contributed by atoms with Gasteiger partial charge in [-0.15, -0.1) is 0 Å². The zero-order chi connectivity index (χ0) is 23.2. The van der Waals surface area contributed by atoms with Crippen molar-refractivity contribution in [3.8, 4) is 17.2 Å². The van der Waals surface area contributed by atoms with Crippen molar-refractivity contribution in [2.75, 3.05) is 25.1 Å². The molecular weight excluding hydrogens is 462 g/mol. The summed E-state index contributed by atoms with van der Waals surface area (Å²) in [6.07, 6.45) is 3.39. The van der Waals surface area contributed by atoms with E-state index < -0.39 is 0 Å². The van der Waals surface area contributed by atoms with E-state index in [4.69, 9.17) is 21.1 Å². The lowest BCUT2D eigenvalue weighted by Gasteiger charge is -2.21. The number of carbonyl (C=O) groups is 2. The van der Waals surface area contributed by atoms with Crippen LogP contribution in [-0.2, 0) is 4.79 Å². The fourth-order valence-corrected chi connectivity index (χ4v) is 3.83. The van der Waals surface area contributed by atoms with Gasteiger partial charge in [0.25, 0.3) is 11.1 Å². The highest BCUT2D eigenvalue weighted by atomic mass is 35.5. The van der Waals surface area contributed by atoms with E-state index >= 15 is 0 Å². The van der Waals surface area contributed by atoms with E-state index in [-0.39, 0.29) is 11.1 Å². The SMILES string of the molecule is CN(CCOc1ccc(/C=C2\SC(=O)NC2=O)cc1)c1ncccc1Oc1ccc(Cl)cc1. The summed E-state index contributed by atoms with van der Waals surface area (Å²) in [6, 6.07) is 18.1. The summed E-state index contributed by atoms with van der Waals surface area (Å²) in [5, 5.41) is 2.53. The van der Waals surface area contributed by atoms with E-state index in [9.17, 15) is 9.59 Å². The van der Waals surface area contributed by atoms with Gasteiger partial charge in [-0.1, -0.05) is 23.7 Å². The molecule has 0 saturated carbocycles. The summed E-state index contributed by atoms with van der Waals surface area (Å²) >= 11 is 6.83. The van der Waals surface area contributed by atoms with Crippen LogP contribution in [0.5, 0.6) is 17.2 Å². The number of nitrogens with zero attached hydrogens (tertiary/aromatic N) is 2. The first-order valence-electron chi connectivity index (χ1n) is 10.1. The van der Waals surface area contributed by atoms with E-state index in [1.54, 1.807) is 36.5 Å². The van der Waals surface area contributed by atoms with Gasteiger partial charge in [-0.25, -0.2) is 4.98 Å². The number of nitrogens with one attached hydrogen (secondary N) is 1. The highest BCUT2D eigenvalue weighted by Crippen LogP contribution is 2.30. The lowest BCUT2D eigenvalue weighted by Crippen LogP contribution is -2.25. The van der Waals surface area contributed by atoms with E-state index in [1.807, 2.05) is 48.3 Å². The minimum absolute atomic E-state index is 0.357. The second-order valence-electron chi connectivity index (χ2n) is 7.07. The number of hydrogen-bond acceptors (Lipinski definition) is 7. The second kappa shape index (κ2) is 10.4. The van der Waals surface area contributed by atoms with Gasteiger partial charge in [0.15, 0.2) is 11.6 Å². The Morgan fingerprint density at radius 3 is 2.48 bits per heavy atom. The van der Waals surface area contributed by atoms with Gasteiger partial charge in [0.2, 0.25) is 0 Å². The molecule has 1 aromatic heterocycles. The van der Waals surface area contributed by atoms with Crippen molar-refractivity contribution in [1.82, 2.24) is 10.3 Å². The number of carbonyl (C=O) groups excluding carboxylic acids is 2. The maximum atomic E-state index is 11.6. The Morgan fingerprint density at radius 1 is 1.06 bits per heavy atom.